The van der Waals surface area contributed by atoms with Crippen molar-refractivity contribution in [3.8, 4) is 28.7 Å². The van der Waals surface area contributed by atoms with E-state index in [1.807, 2.05) is 48.5 Å². The summed E-state index contributed by atoms with van der Waals surface area (Å²) >= 11 is 0. The highest BCUT2D eigenvalue weighted by Gasteiger charge is 2.43. The van der Waals surface area contributed by atoms with Crippen molar-refractivity contribution in [2.24, 2.45) is 0 Å². The van der Waals surface area contributed by atoms with Gasteiger partial charge < -0.3 is 23.7 Å². The van der Waals surface area contributed by atoms with Crippen LogP contribution in [0.3, 0.4) is 0 Å². The van der Waals surface area contributed by atoms with Crippen LogP contribution in [-0.4, -0.2) is 34.3 Å². The first-order valence-electron chi connectivity index (χ1n) is 10.7. The molecule has 0 aromatic heterocycles. The Morgan fingerprint density at radius 3 is 2.03 bits per heavy atom. The zero-order valence-electron chi connectivity index (χ0n) is 19.7. The molecule has 0 aliphatic carbocycles. The topological polar surface area (TPSA) is 66.5 Å². The van der Waals surface area contributed by atoms with E-state index in [0.717, 1.165) is 11.1 Å². The molecule has 0 radical (unpaired) electrons. The zero-order valence-corrected chi connectivity index (χ0v) is 19.7. The number of β-lactam (4-membered cyclic amide) rings is 1. The van der Waals surface area contributed by atoms with Crippen molar-refractivity contribution in [3.63, 3.8) is 0 Å². The van der Waals surface area contributed by atoms with Gasteiger partial charge in [-0.05, 0) is 23.3 Å². The molecule has 0 N–H and O–H groups in total. The molecule has 0 bridgehead atoms. The molecule has 0 unspecified atom stereocenters. The molecule has 7 nitrogen and oxygen atoms in total. The van der Waals surface area contributed by atoms with Crippen LogP contribution >= 0.6 is 0 Å². The Labute approximate surface area is 199 Å². The Kier molecular flexibility index (Phi) is 6.63. The van der Waals surface area contributed by atoms with Crippen LogP contribution in [0.1, 0.15) is 17.2 Å². The minimum atomic E-state index is -0.375. The van der Waals surface area contributed by atoms with Crippen LogP contribution in [0.25, 0.3) is 0 Å². The molecule has 1 atom stereocenters. The largest absolute Gasteiger partial charge is 0.493 e. The summed E-state index contributed by atoms with van der Waals surface area (Å²) in [6.07, 6.45) is 0. The summed E-state index contributed by atoms with van der Waals surface area (Å²) in [5, 5.41) is 0. The number of anilines is 1. The quantitative estimate of drug-likeness (QED) is 0.332. The van der Waals surface area contributed by atoms with Crippen LogP contribution in [0.15, 0.2) is 72.8 Å². The smallest absolute Gasteiger partial charge is 0.256 e. The maximum Gasteiger partial charge on any atom is 0.256 e. The Morgan fingerprint density at radius 2 is 1.44 bits per heavy atom. The van der Waals surface area contributed by atoms with E-state index >= 15 is 0 Å². The summed E-state index contributed by atoms with van der Waals surface area (Å²) in [4.78, 5) is 14.5. The van der Waals surface area contributed by atoms with Crippen LogP contribution in [0.2, 0.25) is 0 Å². The predicted octanol–water partition coefficient (Wildman–Crippen LogP) is 4.94. The second-order valence-electron chi connectivity index (χ2n) is 7.67. The highest BCUT2D eigenvalue weighted by molar-refractivity contribution is 6.15. The first-order valence-corrected chi connectivity index (χ1v) is 10.7. The summed E-state index contributed by atoms with van der Waals surface area (Å²) in [7, 11) is 6.21. The lowest BCUT2D eigenvalue weighted by molar-refractivity contribution is -0.118. The van der Waals surface area contributed by atoms with E-state index < -0.39 is 0 Å². The fraction of sp³-hybridized carbons (Fsp3) is 0.222. The third-order valence-electron chi connectivity index (χ3n) is 5.75. The molecule has 7 heteroatoms. The van der Waals surface area contributed by atoms with Crippen LogP contribution in [0.5, 0.6) is 28.7 Å². The molecule has 34 heavy (non-hydrogen) atoms. The molecule has 1 saturated heterocycles. The van der Waals surface area contributed by atoms with E-state index in [9.17, 15) is 4.79 Å². The highest BCUT2D eigenvalue weighted by Crippen LogP contribution is 2.48. The summed E-state index contributed by atoms with van der Waals surface area (Å²) in [6, 6.07) is 18.6. The molecule has 0 saturated carbocycles. The van der Waals surface area contributed by atoms with E-state index in [0.29, 0.717) is 46.6 Å². The molecule has 0 spiro atoms. The third kappa shape index (κ3) is 4.12. The number of hydrogen-bond donors (Lipinski definition) is 0. The minimum Gasteiger partial charge on any atom is -0.493 e. The van der Waals surface area contributed by atoms with Gasteiger partial charge in [-0.15, -0.1) is 0 Å². The Hall–Kier alpha value is -4.13. The van der Waals surface area contributed by atoms with Crippen molar-refractivity contribution in [2.45, 2.75) is 12.6 Å². The maximum absolute atomic E-state index is 12.9. The Bertz CT molecular complexity index is 1180. The average molecular weight is 462 g/mol. The summed E-state index contributed by atoms with van der Waals surface area (Å²) in [6.45, 7) is 4.40. The van der Waals surface area contributed by atoms with Gasteiger partial charge in [-0.3, -0.25) is 9.69 Å². The standard InChI is InChI=1S/C27H27NO6/c1-17-25(28(27(17)29)20-14-23(31-3)26(33-5)24(15-20)32-4)19-11-12-21(30-2)22(13-19)34-16-18-9-7-6-8-10-18/h6-15,25H,1,16H2,2-5H3/t25-/m1/s1. The number of benzene rings is 3. The Balaban J connectivity index is 1.68. The summed E-state index contributed by atoms with van der Waals surface area (Å²) in [5.74, 6) is 2.39. The number of hydrogen-bond acceptors (Lipinski definition) is 6. The van der Waals surface area contributed by atoms with Gasteiger partial charge in [0.05, 0.1) is 40.2 Å². The van der Waals surface area contributed by atoms with Crippen molar-refractivity contribution in [1.82, 2.24) is 0 Å². The number of methoxy groups -OCH3 is 4. The van der Waals surface area contributed by atoms with Crippen molar-refractivity contribution in [1.29, 1.82) is 0 Å². The van der Waals surface area contributed by atoms with E-state index in [-0.39, 0.29) is 11.9 Å². The van der Waals surface area contributed by atoms with Crippen LogP contribution in [0.4, 0.5) is 5.69 Å². The van der Waals surface area contributed by atoms with E-state index in [1.165, 1.54) is 21.3 Å². The fourth-order valence-electron chi connectivity index (χ4n) is 4.01. The van der Waals surface area contributed by atoms with E-state index in [2.05, 4.69) is 6.58 Å². The van der Waals surface area contributed by atoms with Gasteiger partial charge in [0.25, 0.3) is 5.91 Å². The average Bonchev–Trinajstić information content (AvgIpc) is 2.89. The van der Waals surface area contributed by atoms with Gasteiger partial charge in [-0.25, -0.2) is 0 Å². The van der Waals surface area contributed by atoms with Gasteiger partial charge in [0.2, 0.25) is 5.75 Å². The molecule has 1 amide bonds. The van der Waals surface area contributed by atoms with Gasteiger partial charge in [-0.1, -0.05) is 43.0 Å². The van der Waals surface area contributed by atoms with Gasteiger partial charge >= 0.3 is 0 Å². The molecule has 1 heterocycles. The third-order valence-corrected chi connectivity index (χ3v) is 5.75. The number of ether oxygens (including phenoxy) is 5. The second-order valence-corrected chi connectivity index (χ2v) is 7.67. The summed E-state index contributed by atoms with van der Waals surface area (Å²) in [5.41, 5.74) is 2.98. The lowest BCUT2D eigenvalue weighted by Crippen LogP contribution is -2.48. The van der Waals surface area contributed by atoms with Crippen molar-refractivity contribution >= 4 is 11.6 Å². The lowest BCUT2D eigenvalue weighted by atomic mass is 9.88. The molecule has 176 valence electrons. The Morgan fingerprint density at radius 1 is 0.794 bits per heavy atom. The number of rotatable bonds is 9. The molecule has 3 aromatic carbocycles. The van der Waals surface area contributed by atoms with Crippen molar-refractivity contribution in [2.75, 3.05) is 33.3 Å². The molecular formula is C27H27NO6. The molecule has 3 aromatic rings. The van der Waals surface area contributed by atoms with Gasteiger partial charge in [0.1, 0.15) is 6.61 Å². The van der Waals surface area contributed by atoms with Crippen LogP contribution in [-0.2, 0) is 11.4 Å². The highest BCUT2D eigenvalue weighted by atomic mass is 16.5. The fourth-order valence-corrected chi connectivity index (χ4v) is 4.01. The first kappa shape index (κ1) is 23.0. The molecule has 4 rings (SSSR count). The monoisotopic (exact) mass is 461 g/mol. The van der Waals surface area contributed by atoms with E-state index in [4.69, 9.17) is 23.7 Å². The lowest BCUT2D eigenvalue weighted by Gasteiger charge is -2.42. The number of carbonyl (C=O) groups excluding carboxylic acids is 1. The number of carbonyl (C=O) groups is 1. The SMILES string of the molecule is C=C1C(=O)N(c2cc(OC)c(OC)c(OC)c2)[C@H]1c1ccc(OC)c(OCc2ccccc2)c1. The normalized spacial score (nSPS) is 14.9. The first-order chi connectivity index (χ1) is 16.5. The molecule has 1 aliphatic heterocycles. The molecular weight excluding hydrogens is 434 g/mol. The van der Waals surface area contributed by atoms with Gasteiger partial charge in [-0.2, -0.15) is 0 Å². The van der Waals surface area contributed by atoms with Crippen molar-refractivity contribution < 1.29 is 28.5 Å². The van der Waals surface area contributed by atoms with Crippen LogP contribution < -0.4 is 28.6 Å². The number of amides is 1. The second kappa shape index (κ2) is 9.79. The number of nitrogens with zero attached hydrogens (tertiary/aromatic N) is 1. The maximum atomic E-state index is 12.9. The van der Waals surface area contributed by atoms with Gasteiger partial charge in [0, 0.05) is 17.7 Å². The van der Waals surface area contributed by atoms with Gasteiger partial charge in [0.15, 0.2) is 23.0 Å². The predicted molar refractivity (Wildman–Crippen MR) is 129 cm³/mol. The zero-order chi connectivity index (χ0) is 24.2. The molecule has 1 fully saturated rings. The van der Waals surface area contributed by atoms with Crippen molar-refractivity contribution in [3.05, 3.63) is 83.9 Å². The van der Waals surface area contributed by atoms with Crippen LogP contribution in [0, 0.1) is 0 Å². The summed E-state index contributed by atoms with van der Waals surface area (Å²) < 4.78 is 27.9. The minimum absolute atomic E-state index is 0.179. The van der Waals surface area contributed by atoms with E-state index in [1.54, 1.807) is 24.1 Å². The molecule has 1 aliphatic rings.